The second kappa shape index (κ2) is 4.42. The molecular weight excluding hydrogens is 337 g/mol. The lowest BCUT2D eigenvalue weighted by molar-refractivity contribution is 0.379. The first-order valence-electron chi connectivity index (χ1n) is 4.90. The Bertz CT molecular complexity index is 492. The number of nitrogens with zero attached hydrogens (tertiary/aromatic N) is 2. The van der Waals surface area contributed by atoms with Crippen LogP contribution in [0.4, 0.5) is 0 Å². The smallest absolute Gasteiger partial charge is 0.258 e. The van der Waals surface area contributed by atoms with Gasteiger partial charge >= 0.3 is 0 Å². The fourth-order valence-electron chi connectivity index (χ4n) is 1.15. The Kier molecular flexibility index (Phi) is 3.32. The third-order valence-corrected chi connectivity index (χ3v) is 4.27. The van der Waals surface area contributed by atoms with Crippen molar-refractivity contribution >= 4 is 33.9 Å². The standard InChI is InChI=1S/C10H12IN3OS/c1-3-10(2,12)9-13-8(15-14-9)6-4-7(11)16-5-6/h4-5H,3,12H2,1-2H3. The summed E-state index contributed by atoms with van der Waals surface area (Å²) in [5.41, 5.74) is 6.49. The summed E-state index contributed by atoms with van der Waals surface area (Å²) in [6, 6.07) is 2.02. The highest BCUT2D eigenvalue weighted by atomic mass is 127. The molecule has 2 N–H and O–H groups in total. The Morgan fingerprint density at radius 2 is 2.38 bits per heavy atom. The lowest BCUT2D eigenvalue weighted by atomic mass is 10.0. The van der Waals surface area contributed by atoms with Crippen LogP contribution in [0.1, 0.15) is 26.1 Å². The van der Waals surface area contributed by atoms with E-state index in [0.717, 1.165) is 12.0 Å². The molecule has 86 valence electrons. The number of halogens is 1. The molecule has 16 heavy (non-hydrogen) atoms. The molecule has 0 aliphatic carbocycles. The van der Waals surface area contributed by atoms with E-state index in [1.165, 1.54) is 2.88 Å². The minimum atomic E-state index is -0.523. The highest BCUT2D eigenvalue weighted by molar-refractivity contribution is 14.1. The topological polar surface area (TPSA) is 64.9 Å². The van der Waals surface area contributed by atoms with Crippen molar-refractivity contribution in [3.8, 4) is 11.5 Å². The van der Waals surface area contributed by atoms with Crippen LogP contribution in [0.5, 0.6) is 0 Å². The van der Waals surface area contributed by atoms with Gasteiger partial charge in [0.15, 0.2) is 5.82 Å². The third-order valence-electron chi connectivity index (χ3n) is 2.49. The molecule has 0 aliphatic heterocycles. The van der Waals surface area contributed by atoms with E-state index in [4.69, 9.17) is 10.3 Å². The first kappa shape index (κ1) is 12.0. The van der Waals surface area contributed by atoms with E-state index in [1.54, 1.807) is 11.3 Å². The van der Waals surface area contributed by atoms with Gasteiger partial charge in [0.25, 0.3) is 5.89 Å². The monoisotopic (exact) mass is 349 g/mol. The average molecular weight is 349 g/mol. The van der Waals surface area contributed by atoms with Crippen LogP contribution in [0, 0.1) is 2.88 Å². The third kappa shape index (κ3) is 2.28. The summed E-state index contributed by atoms with van der Waals surface area (Å²) < 4.78 is 6.41. The van der Waals surface area contributed by atoms with E-state index in [1.807, 2.05) is 25.3 Å². The van der Waals surface area contributed by atoms with Crippen molar-refractivity contribution in [3.63, 3.8) is 0 Å². The molecule has 2 aromatic heterocycles. The molecule has 0 radical (unpaired) electrons. The molecule has 2 aromatic rings. The maximum absolute atomic E-state index is 6.05. The number of rotatable bonds is 3. The number of hydrogen-bond acceptors (Lipinski definition) is 5. The molecule has 2 rings (SSSR count). The predicted molar refractivity (Wildman–Crippen MR) is 72.2 cm³/mol. The lowest BCUT2D eigenvalue weighted by Crippen LogP contribution is -2.33. The zero-order valence-corrected chi connectivity index (χ0v) is 12.0. The zero-order valence-electron chi connectivity index (χ0n) is 9.03. The van der Waals surface area contributed by atoms with E-state index in [9.17, 15) is 0 Å². The summed E-state index contributed by atoms with van der Waals surface area (Å²) in [6.45, 7) is 3.91. The van der Waals surface area contributed by atoms with Crippen LogP contribution in [0.2, 0.25) is 0 Å². The van der Waals surface area contributed by atoms with Gasteiger partial charge in [-0.3, -0.25) is 0 Å². The minimum Gasteiger partial charge on any atom is -0.334 e. The van der Waals surface area contributed by atoms with Crippen molar-refractivity contribution < 1.29 is 4.52 Å². The van der Waals surface area contributed by atoms with Gasteiger partial charge in [0.05, 0.1) is 14.0 Å². The normalized spacial score (nSPS) is 15.0. The summed E-state index contributed by atoms with van der Waals surface area (Å²) in [6.07, 6.45) is 0.771. The summed E-state index contributed by atoms with van der Waals surface area (Å²) in [5.74, 6) is 1.10. The maximum Gasteiger partial charge on any atom is 0.258 e. The van der Waals surface area contributed by atoms with Crippen LogP contribution in [0.3, 0.4) is 0 Å². The van der Waals surface area contributed by atoms with E-state index in [-0.39, 0.29) is 0 Å². The van der Waals surface area contributed by atoms with E-state index >= 15 is 0 Å². The average Bonchev–Trinajstić information content (AvgIpc) is 2.85. The fourth-order valence-corrected chi connectivity index (χ4v) is 2.47. The Hall–Kier alpha value is -0.470. The Balaban J connectivity index is 2.33. The van der Waals surface area contributed by atoms with Crippen LogP contribution in [-0.4, -0.2) is 10.1 Å². The Morgan fingerprint density at radius 3 is 2.94 bits per heavy atom. The van der Waals surface area contributed by atoms with E-state index in [0.29, 0.717) is 11.7 Å². The molecule has 4 nitrogen and oxygen atoms in total. The second-order valence-electron chi connectivity index (χ2n) is 3.83. The summed E-state index contributed by atoms with van der Waals surface area (Å²) >= 11 is 3.91. The van der Waals surface area contributed by atoms with Gasteiger partial charge < -0.3 is 10.3 Å². The first-order chi connectivity index (χ1) is 7.53. The molecule has 0 fully saturated rings. The van der Waals surface area contributed by atoms with Gasteiger partial charge in [-0.15, -0.1) is 11.3 Å². The summed E-state index contributed by atoms with van der Waals surface area (Å²) in [7, 11) is 0. The van der Waals surface area contributed by atoms with Gasteiger partial charge in [-0.2, -0.15) is 4.98 Å². The van der Waals surface area contributed by atoms with Gasteiger partial charge in [-0.1, -0.05) is 12.1 Å². The van der Waals surface area contributed by atoms with Crippen LogP contribution < -0.4 is 5.73 Å². The maximum atomic E-state index is 6.05. The Labute approximate surface area is 111 Å². The molecule has 0 aromatic carbocycles. The predicted octanol–water partition coefficient (Wildman–Crippen LogP) is 2.99. The van der Waals surface area contributed by atoms with Crippen molar-refractivity contribution in [3.05, 3.63) is 20.2 Å². The zero-order chi connectivity index (χ0) is 11.8. The second-order valence-corrected chi connectivity index (χ2v) is 6.64. The van der Waals surface area contributed by atoms with Gasteiger partial charge in [0.1, 0.15) is 0 Å². The number of aromatic nitrogens is 2. The minimum absolute atomic E-state index is 0.523. The molecule has 0 spiro atoms. The molecule has 0 bridgehead atoms. The van der Waals surface area contributed by atoms with Gasteiger partial charge in [0, 0.05) is 5.38 Å². The quantitative estimate of drug-likeness (QED) is 0.866. The largest absolute Gasteiger partial charge is 0.334 e. The molecule has 0 saturated heterocycles. The SMILES string of the molecule is CCC(C)(N)c1noc(-c2csc(I)c2)n1. The van der Waals surface area contributed by atoms with Crippen LogP contribution in [-0.2, 0) is 5.54 Å². The van der Waals surface area contributed by atoms with Gasteiger partial charge in [-0.25, -0.2) is 0 Å². The molecular formula is C10H12IN3OS. The van der Waals surface area contributed by atoms with Crippen molar-refractivity contribution in [1.29, 1.82) is 0 Å². The molecule has 1 atom stereocenters. The van der Waals surface area contributed by atoms with Crippen molar-refractivity contribution in [2.24, 2.45) is 5.73 Å². The highest BCUT2D eigenvalue weighted by Crippen LogP contribution is 2.27. The number of nitrogens with two attached hydrogens (primary N) is 1. The number of thiophene rings is 1. The Morgan fingerprint density at radius 1 is 1.62 bits per heavy atom. The van der Waals surface area contributed by atoms with Crippen LogP contribution >= 0.6 is 33.9 Å². The molecule has 0 amide bonds. The molecule has 2 heterocycles. The van der Waals surface area contributed by atoms with Gasteiger partial charge in [0.2, 0.25) is 0 Å². The van der Waals surface area contributed by atoms with Crippen LogP contribution in [0.25, 0.3) is 11.5 Å². The van der Waals surface area contributed by atoms with E-state index in [2.05, 4.69) is 32.7 Å². The lowest BCUT2D eigenvalue weighted by Gasteiger charge is -2.16. The van der Waals surface area contributed by atoms with E-state index < -0.39 is 5.54 Å². The van der Waals surface area contributed by atoms with Crippen LogP contribution in [0.15, 0.2) is 16.0 Å². The van der Waals surface area contributed by atoms with Crippen molar-refractivity contribution in [2.75, 3.05) is 0 Å². The first-order valence-corrected chi connectivity index (χ1v) is 6.86. The number of hydrogen-bond donors (Lipinski definition) is 1. The van der Waals surface area contributed by atoms with Crippen molar-refractivity contribution in [2.45, 2.75) is 25.8 Å². The summed E-state index contributed by atoms with van der Waals surface area (Å²) in [5, 5.41) is 5.93. The molecule has 0 aliphatic rings. The fraction of sp³-hybridized carbons (Fsp3) is 0.400. The summed E-state index contributed by atoms with van der Waals surface area (Å²) in [4.78, 5) is 4.34. The molecule has 1 unspecified atom stereocenters. The van der Waals surface area contributed by atoms with Gasteiger partial charge in [-0.05, 0) is 42.0 Å². The van der Waals surface area contributed by atoms with Crippen molar-refractivity contribution in [1.82, 2.24) is 10.1 Å². The molecule has 6 heteroatoms. The molecule has 0 saturated carbocycles. The highest BCUT2D eigenvalue weighted by Gasteiger charge is 2.25.